The average Bonchev–Trinajstić information content (AvgIpc) is 2.49. The first-order chi connectivity index (χ1) is 10.4. The van der Waals surface area contributed by atoms with Crippen LogP contribution in [0, 0.1) is 5.92 Å². The highest BCUT2D eigenvalue weighted by Crippen LogP contribution is 2.40. The molecule has 1 nitrogen and oxygen atoms in total. The van der Waals surface area contributed by atoms with Crippen molar-refractivity contribution in [3.63, 3.8) is 0 Å². The van der Waals surface area contributed by atoms with Crippen LogP contribution in [-0.4, -0.2) is 7.05 Å². The number of hydrogen-bond acceptors (Lipinski definition) is 1. The Bertz CT molecular complexity index is 429. The summed E-state index contributed by atoms with van der Waals surface area (Å²) in [6.45, 7) is 0. The monoisotopic (exact) mass is 285 g/mol. The second-order valence-electron chi connectivity index (χ2n) is 7.18. The molecule has 21 heavy (non-hydrogen) atoms. The van der Waals surface area contributed by atoms with Crippen LogP contribution in [0.2, 0.25) is 0 Å². The molecule has 2 fully saturated rings. The first-order valence-corrected chi connectivity index (χ1v) is 9.14. The zero-order valence-electron chi connectivity index (χ0n) is 13.6. The summed E-state index contributed by atoms with van der Waals surface area (Å²) in [5.41, 5.74) is 3.22. The molecule has 0 aliphatic heterocycles. The molecule has 2 aliphatic carbocycles. The van der Waals surface area contributed by atoms with Crippen molar-refractivity contribution in [2.45, 2.75) is 76.2 Å². The lowest BCUT2D eigenvalue weighted by atomic mass is 9.76. The Kier molecular flexibility index (Phi) is 5.35. The van der Waals surface area contributed by atoms with Gasteiger partial charge in [-0.05, 0) is 55.7 Å². The molecule has 2 aliphatic rings. The van der Waals surface area contributed by atoms with E-state index in [1.54, 1.807) is 11.1 Å². The molecule has 116 valence electrons. The van der Waals surface area contributed by atoms with E-state index >= 15 is 0 Å². The quantitative estimate of drug-likeness (QED) is 0.720. The molecule has 0 bridgehead atoms. The first kappa shape index (κ1) is 15.1. The third-order valence-electron chi connectivity index (χ3n) is 5.85. The van der Waals surface area contributed by atoms with Crippen LogP contribution in [0.5, 0.6) is 0 Å². The van der Waals surface area contributed by atoms with Gasteiger partial charge in [-0.15, -0.1) is 0 Å². The Labute approximate surface area is 130 Å². The zero-order valence-corrected chi connectivity index (χ0v) is 13.6. The largest absolute Gasteiger partial charge is 0.313 e. The van der Waals surface area contributed by atoms with Crippen LogP contribution in [0.15, 0.2) is 24.3 Å². The van der Waals surface area contributed by atoms with Crippen molar-refractivity contribution in [1.29, 1.82) is 0 Å². The van der Waals surface area contributed by atoms with Gasteiger partial charge in [-0.1, -0.05) is 62.8 Å². The molecule has 0 amide bonds. The molecular weight excluding hydrogens is 254 g/mol. The van der Waals surface area contributed by atoms with Crippen LogP contribution in [0.25, 0.3) is 0 Å². The summed E-state index contributed by atoms with van der Waals surface area (Å²) in [4.78, 5) is 0. The highest BCUT2D eigenvalue weighted by atomic mass is 14.9. The number of benzene rings is 1. The predicted octanol–water partition coefficient (Wildman–Crippen LogP) is 5.58. The Balaban J connectivity index is 1.64. The van der Waals surface area contributed by atoms with Gasteiger partial charge in [0.2, 0.25) is 0 Å². The molecule has 1 atom stereocenters. The fourth-order valence-corrected chi connectivity index (χ4v) is 4.25. The molecule has 0 saturated heterocycles. The minimum Gasteiger partial charge on any atom is -0.313 e. The van der Waals surface area contributed by atoms with E-state index in [9.17, 15) is 0 Å². The number of nitrogens with one attached hydrogen (secondary N) is 1. The maximum atomic E-state index is 3.60. The highest BCUT2D eigenvalue weighted by molar-refractivity contribution is 5.34. The third kappa shape index (κ3) is 3.69. The van der Waals surface area contributed by atoms with E-state index in [0.29, 0.717) is 6.04 Å². The summed E-state index contributed by atoms with van der Waals surface area (Å²) in [6.07, 6.45) is 14.3. The lowest BCUT2D eigenvalue weighted by Gasteiger charge is -2.31. The van der Waals surface area contributed by atoms with Crippen molar-refractivity contribution in [2.24, 2.45) is 5.92 Å². The molecule has 1 heteroatoms. The molecule has 1 unspecified atom stereocenters. The minimum atomic E-state index is 0.559. The molecule has 0 spiro atoms. The van der Waals surface area contributed by atoms with E-state index < -0.39 is 0 Å². The summed E-state index contributed by atoms with van der Waals surface area (Å²) < 4.78 is 0. The molecule has 1 aromatic carbocycles. The van der Waals surface area contributed by atoms with Gasteiger partial charge in [0.05, 0.1) is 0 Å². The zero-order chi connectivity index (χ0) is 14.5. The molecule has 1 aromatic rings. The van der Waals surface area contributed by atoms with Crippen LogP contribution in [0.1, 0.15) is 87.3 Å². The maximum Gasteiger partial charge on any atom is 0.0320 e. The Morgan fingerprint density at radius 1 is 1.00 bits per heavy atom. The molecule has 0 radical (unpaired) electrons. The van der Waals surface area contributed by atoms with Gasteiger partial charge in [0.15, 0.2) is 0 Å². The van der Waals surface area contributed by atoms with Crippen LogP contribution >= 0.6 is 0 Å². The molecule has 1 N–H and O–H groups in total. The molecule has 0 aromatic heterocycles. The van der Waals surface area contributed by atoms with Crippen LogP contribution in [0.3, 0.4) is 0 Å². The van der Waals surface area contributed by atoms with E-state index in [1.807, 2.05) is 0 Å². The number of rotatable bonds is 6. The van der Waals surface area contributed by atoms with Gasteiger partial charge in [-0.3, -0.25) is 0 Å². The van der Waals surface area contributed by atoms with Gasteiger partial charge >= 0.3 is 0 Å². The van der Waals surface area contributed by atoms with Gasteiger partial charge in [-0.2, -0.15) is 0 Å². The summed E-state index contributed by atoms with van der Waals surface area (Å²) in [7, 11) is 2.14. The van der Waals surface area contributed by atoms with Gasteiger partial charge < -0.3 is 5.32 Å². The smallest absolute Gasteiger partial charge is 0.0320 e. The van der Waals surface area contributed by atoms with Crippen molar-refractivity contribution >= 4 is 0 Å². The van der Waals surface area contributed by atoms with Crippen molar-refractivity contribution < 1.29 is 0 Å². The average molecular weight is 285 g/mol. The van der Waals surface area contributed by atoms with Crippen LogP contribution in [0.4, 0.5) is 0 Å². The van der Waals surface area contributed by atoms with E-state index in [2.05, 4.69) is 36.6 Å². The maximum absolute atomic E-state index is 3.60. The molecular formula is C20H31N. The summed E-state index contributed by atoms with van der Waals surface area (Å²) >= 11 is 0. The molecule has 2 saturated carbocycles. The normalized spacial score (nSPS) is 22.0. The molecule has 0 heterocycles. The Morgan fingerprint density at radius 3 is 2.43 bits per heavy atom. The van der Waals surface area contributed by atoms with Crippen molar-refractivity contribution in [2.75, 3.05) is 7.05 Å². The van der Waals surface area contributed by atoms with E-state index in [-0.39, 0.29) is 0 Å². The molecule has 3 rings (SSSR count). The standard InChI is InChI=1S/C20H31N/c1-21-20(15-14-16-8-3-2-4-9-16)19-13-6-5-12-18(19)17-10-7-11-17/h5-6,12-13,16-17,20-21H,2-4,7-11,14-15H2,1H3. The van der Waals surface area contributed by atoms with E-state index in [0.717, 1.165) is 11.8 Å². The summed E-state index contributed by atoms with van der Waals surface area (Å²) in [5, 5.41) is 3.60. The lowest BCUT2D eigenvalue weighted by Crippen LogP contribution is -2.21. The van der Waals surface area contributed by atoms with E-state index in [4.69, 9.17) is 0 Å². The van der Waals surface area contributed by atoms with E-state index in [1.165, 1.54) is 64.2 Å². The Morgan fingerprint density at radius 2 is 1.76 bits per heavy atom. The van der Waals surface area contributed by atoms with Gasteiger partial charge in [0, 0.05) is 6.04 Å². The fraction of sp³-hybridized carbons (Fsp3) is 0.700. The van der Waals surface area contributed by atoms with Gasteiger partial charge in [0.25, 0.3) is 0 Å². The highest BCUT2D eigenvalue weighted by Gasteiger charge is 2.25. The van der Waals surface area contributed by atoms with Crippen molar-refractivity contribution in [3.05, 3.63) is 35.4 Å². The SMILES string of the molecule is CNC(CCC1CCCCC1)c1ccccc1C1CCC1. The van der Waals surface area contributed by atoms with Crippen LogP contribution < -0.4 is 5.32 Å². The topological polar surface area (TPSA) is 12.0 Å². The van der Waals surface area contributed by atoms with Gasteiger partial charge in [-0.25, -0.2) is 0 Å². The first-order valence-electron chi connectivity index (χ1n) is 9.14. The summed E-state index contributed by atoms with van der Waals surface area (Å²) in [5.74, 6) is 1.83. The van der Waals surface area contributed by atoms with Crippen molar-refractivity contribution in [1.82, 2.24) is 5.32 Å². The van der Waals surface area contributed by atoms with Crippen molar-refractivity contribution in [3.8, 4) is 0 Å². The summed E-state index contributed by atoms with van der Waals surface area (Å²) in [6, 6.07) is 9.76. The third-order valence-corrected chi connectivity index (χ3v) is 5.85. The van der Waals surface area contributed by atoms with Gasteiger partial charge in [0.1, 0.15) is 0 Å². The second kappa shape index (κ2) is 7.45. The minimum absolute atomic E-state index is 0.559. The lowest BCUT2D eigenvalue weighted by molar-refractivity contribution is 0.316. The fourth-order valence-electron chi connectivity index (χ4n) is 4.25. The second-order valence-corrected chi connectivity index (χ2v) is 7.18. The van der Waals surface area contributed by atoms with Crippen LogP contribution in [-0.2, 0) is 0 Å². The number of hydrogen-bond donors (Lipinski definition) is 1. The Hall–Kier alpha value is -0.820. The predicted molar refractivity (Wildman–Crippen MR) is 90.6 cm³/mol.